The molecule has 3 rings (SSSR count). The molecule has 28 heavy (non-hydrogen) atoms. The van der Waals surface area contributed by atoms with Crippen molar-refractivity contribution in [3.05, 3.63) is 64.3 Å². The second kappa shape index (κ2) is 8.46. The summed E-state index contributed by atoms with van der Waals surface area (Å²) in [6, 6.07) is 13.7. The van der Waals surface area contributed by atoms with Crippen LogP contribution in [0.2, 0.25) is 0 Å². The van der Waals surface area contributed by atoms with E-state index in [0.29, 0.717) is 18.7 Å². The molecular weight excluding hydrogens is 444 g/mol. The number of carbonyl (C=O) groups is 1. The first kappa shape index (κ1) is 20.6. The average molecular weight is 465 g/mol. The van der Waals surface area contributed by atoms with Gasteiger partial charge in [0, 0.05) is 29.5 Å². The fourth-order valence-electron chi connectivity index (χ4n) is 2.89. The minimum absolute atomic E-state index is 0.230. The van der Waals surface area contributed by atoms with Crippen LogP contribution >= 0.6 is 15.9 Å². The minimum Gasteiger partial charge on any atom is -0.451 e. The van der Waals surface area contributed by atoms with Crippen LogP contribution in [0.4, 0.5) is 0 Å². The molecule has 1 amide bonds. The second-order valence-electron chi connectivity index (χ2n) is 6.21. The summed E-state index contributed by atoms with van der Waals surface area (Å²) in [6.45, 7) is 4.73. The third kappa shape index (κ3) is 4.29. The van der Waals surface area contributed by atoms with Crippen LogP contribution in [0.15, 0.2) is 62.3 Å². The van der Waals surface area contributed by atoms with Crippen LogP contribution in [-0.2, 0) is 16.6 Å². The van der Waals surface area contributed by atoms with Crippen molar-refractivity contribution < 1.29 is 17.6 Å². The zero-order valence-electron chi connectivity index (χ0n) is 15.6. The van der Waals surface area contributed by atoms with Gasteiger partial charge in [-0.1, -0.05) is 41.9 Å². The maximum Gasteiger partial charge on any atom is 0.287 e. The van der Waals surface area contributed by atoms with Crippen molar-refractivity contribution in [1.82, 2.24) is 9.62 Å². The van der Waals surface area contributed by atoms with E-state index in [1.54, 1.807) is 36.4 Å². The lowest BCUT2D eigenvalue weighted by atomic mass is 10.2. The van der Waals surface area contributed by atoms with E-state index in [4.69, 9.17) is 4.42 Å². The molecule has 0 aliphatic carbocycles. The molecular formula is C20H21BrN2O4S. The normalized spacial score (nSPS) is 11.9. The number of rotatable bonds is 7. The monoisotopic (exact) mass is 464 g/mol. The summed E-state index contributed by atoms with van der Waals surface area (Å²) in [4.78, 5) is 12.6. The number of furan rings is 1. The molecule has 0 fully saturated rings. The van der Waals surface area contributed by atoms with E-state index in [1.165, 1.54) is 4.31 Å². The van der Waals surface area contributed by atoms with Gasteiger partial charge in [-0.15, -0.1) is 0 Å². The number of hydrogen-bond donors (Lipinski definition) is 1. The molecule has 2 aromatic carbocycles. The van der Waals surface area contributed by atoms with Crippen LogP contribution in [0.25, 0.3) is 11.0 Å². The first-order valence-electron chi connectivity index (χ1n) is 8.91. The molecule has 1 heterocycles. The van der Waals surface area contributed by atoms with E-state index in [1.807, 2.05) is 26.0 Å². The van der Waals surface area contributed by atoms with Gasteiger partial charge in [0.15, 0.2) is 5.76 Å². The summed E-state index contributed by atoms with van der Waals surface area (Å²) >= 11 is 3.39. The predicted octanol–water partition coefficient (Wildman–Crippen LogP) is 4.16. The van der Waals surface area contributed by atoms with Crippen LogP contribution < -0.4 is 5.32 Å². The minimum atomic E-state index is -3.48. The van der Waals surface area contributed by atoms with Crippen LogP contribution in [0.1, 0.15) is 30.0 Å². The standard InChI is InChI=1S/C20H21BrN2O4S/c1-3-23(4-2)28(25,26)17-8-5-14(6-9-17)13-22-20(24)19-12-15-11-16(21)7-10-18(15)27-19/h5-12H,3-4,13H2,1-2H3,(H,22,24). The summed E-state index contributed by atoms with van der Waals surface area (Å²) < 4.78 is 32.9. The van der Waals surface area contributed by atoms with E-state index in [9.17, 15) is 13.2 Å². The highest BCUT2D eigenvalue weighted by Crippen LogP contribution is 2.23. The van der Waals surface area contributed by atoms with Crippen molar-refractivity contribution in [2.45, 2.75) is 25.3 Å². The molecule has 1 N–H and O–H groups in total. The van der Waals surface area contributed by atoms with Crippen molar-refractivity contribution in [3.63, 3.8) is 0 Å². The number of benzene rings is 2. The number of nitrogens with zero attached hydrogens (tertiary/aromatic N) is 1. The molecule has 0 aliphatic heterocycles. The molecule has 0 aliphatic rings. The molecule has 0 spiro atoms. The number of nitrogens with one attached hydrogen (secondary N) is 1. The first-order chi connectivity index (χ1) is 13.3. The predicted molar refractivity (Wildman–Crippen MR) is 112 cm³/mol. The fourth-order valence-corrected chi connectivity index (χ4v) is 4.72. The van der Waals surface area contributed by atoms with Crippen molar-refractivity contribution in [3.8, 4) is 0 Å². The number of amides is 1. The number of hydrogen-bond acceptors (Lipinski definition) is 4. The van der Waals surface area contributed by atoms with Crippen LogP contribution in [0.5, 0.6) is 0 Å². The van der Waals surface area contributed by atoms with Crippen molar-refractivity contribution in [1.29, 1.82) is 0 Å². The molecule has 1 aromatic heterocycles. The Balaban J connectivity index is 1.68. The molecule has 0 saturated heterocycles. The third-order valence-corrected chi connectivity index (χ3v) is 6.98. The van der Waals surface area contributed by atoms with Gasteiger partial charge in [-0.3, -0.25) is 4.79 Å². The maximum atomic E-state index is 12.5. The smallest absolute Gasteiger partial charge is 0.287 e. The highest BCUT2D eigenvalue weighted by atomic mass is 79.9. The van der Waals surface area contributed by atoms with Gasteiger partial charge in [-0.2, -0.15) is 4.31 Å². The molecule has 0 unspecified atom stereocenters. The highest BCUT2D eigenvalue weighted by molar-refractivity contribution is 9.10. The Morgan fingerprint density at radius 3 is 2.39 bits per heavy atom. The van der Waals surface area contributed by atoms with E-state index in [2.05, 4.69) is 21.2 Å². The summed E-state index contributed by atoms with van der Waals surface area (Å²) in [6.07, 6.45) is 0. The van der Waals surface area contributed by atoms with Gasteiger partial charge in [-0.05, 0) is 42.0 Å². The largest absolute Gasteiger partial charge is 0.451 e. The number of halogens is 1. The van der Waals surface area contributed by atoms with Crippen molar-refractivity contribution in [2.75, 3.05) is 13.1 Å². The fraction of sp³-hybridized carbons (Fsp3) is 0.250. The van der Waals surface area contributed by atoms with Crippen LogP contribution in [0, 0.1) is 0 Å². The van der Waals surface area contributed by atoms with E-state index in [0.717, 1.165) is 15.4 Å². The van der Waals surface area contributed by atoms with E-state index >= 15 is 0 Å². The Morgan fingerprint density at radius 1 is 1.07 bits per heavy atom. The molecule has 0 radical (unpaired) electrons. The lowest BCUT2D eigenvalue weighted by molar-refractivity contribution is 0.0925. The topological polar surface area (TPSA) is 79.6 Å². The number of sulfonamides is 1. The summed E-state index contributed by atoms with van der Waals surface area (Å²) in [5.74, 6) is -0.0963. The van der Waals surface area contributed by atoms with Crippen LogP contribution in [0.3, 0.4) is 0 Å². The van der Waals surface area contributed by atoms with E-state index < -0.39 is 10.0 Å². The average Bonchev–Trinajstić information content (AvgIpc) is 3.10. The van der Waals surface area contributed by atoms with Crippen molar-refractivity contribution in [2.24, 2.45) is 0 Å². The Bertz CT molecular complexity index is 1090. The highest BCUT2D eigenvalue weighted by Gasteiger charge is 2.21. The molecule has 0 saturated carbocycles. The Kier molecular flexibility index (Phi) is 6.22. The number of carbonyl (C=O) groups excluding carboxylic acids is 1. The lowest BCUT2D eigenvalue weighted by Gasteiger charge is -2.18. The van der Waals surface area contributed by atoms with Gasteiger partial charge in [-0.25, -0.2) is 8.42 Å². The Morgan fingerprint density at radius 2 is 1.75 bits per heavy atom. The van der Waals surface area contributed by atoms with Crippen molar-refractivity contribution >= 4 is 42.8 Å². The molecule has 8 heteroatoms. The van der Waals surface area contributed by atoms with Gasteiger partial charge in [0.1, 0.15) is 5.58 Å². The summed E-state index contributed by atoms with van der Waals surface area (Å²) in [7, 11) is -3.48. The molecule has 3 aromatic rings. The Hall–Kier alpha value is -2.16. The van der Waals surface area contributed by atoms with Gasteiger partial charge in [0.05, 0.1) is 4.90 Å². The Labute approximate surface area is 172 Å². The van der Waals surface area contributed by atoms with Gasteiger partial charge in [0.25, 0.3) is 5.91 Å². The first-order valence-corrected chi connectivity index (χ1v) is 11.1. The van der Waals surface area contributed by atoms with Crippen LogP contribution in [-0.4, -0.2) is 31.7 Å². The maximum absolute atomic E-state index is 12.5. The SMILES string of the molecule is CCN(CC)S(=O)(=O)c1ccc(CNC(=O)c2cc3cc(Br)ccc3o2)cc1. The lowest BCUT2D eigenvalue weighted by Crippen LogP contribution is -2.30. The molecule has 0 atom stereocenters. The van der Waals surface area contributed by atoms with Gasteiger partial charge in [0.2, 0.25) is 10.0 Å². The summed E-state index contributed by atoms with van der Waals surface area (Å²) in [5.41, 5.74) is 1.44. The molecule has 148 valence electrons. The zero-order chi connectivity index (χ0) is 20.3. The zero-order valence-corrected chi connectivity index (χ0v) is 18.0. The quantitative estimate of drug-likeness (QED) is 0.569. The molecule has 6 nitrogen and oxygen atoms in total. The van der Waals surface area contributed by atoms with Gasteiger partial charge < -0.3 is 9.73 Å². The van der Waals surface area contributed by atoms with Gasteiger partial charge >= 0.3 is 0 Å². The van der Waals surface area contributed by atoms with E-state index in [-0.39, 0.29) is 23.1 Å². The second-order valence-corrected chi connectivity index (χ2v) is 9.06. The third-order valence-electron chi connectivity index (χ3n) is 4.42. The molecule has 0 bridgehead atoms. The number of fused-ring (bicyclic) bond motifs is 1. The summed E-state index contributed by atoms with van der Waals surface area (Å²) in [5, 5.41) is 3.63.